The second-order valence-electron chi connectivity index (χ2n) is 5.75. The van der Waals surface area contributed by atoms with Crippen molar-refractivity contribution >= 4 is 23.1 Å². The van der Waals surface area contributed by atoms with Crippen LogP contribution in [0.4, 0.5) is 0 Å². The molecule has 6 nitrogen and oxygen atoms in total. The van der Waals surface area contributed by atoms with Crippen LogP contribution in [0.5, 0.6) is 5.75 Å². The van der Waals surface area contributed by atoms with Crippen molar-refractivity contribution in [3.63, 3.8) is 0 Å². The van der Waals surface area contributed by atoms with Crippen LogP contribution >= 0.6 is 0 Å². The van der Waals surface area contributed by atoms with Crippen LogP contribution in [0.3, 0.4) is 0 Å². The quantitative estimate of drug-likeness (QED) is 0.608. The maximum absolute atomic E-state index is 5.94. The lowest BCUT2D eigenvalue weighted by molar-refractivity contribution is 0.306. The summed E-state index contributed by atoms with van der Waals surface area (Å²) in [6.07, 6.45) is 5.88. The molecule has 2 aromatic heterocycles. The summed E-state index contributed by atoms with van der Waals surface area (Å²) in [5, 5.41) is 15.0. The topological polar surface area (TPSA) is 68.6 Å². The summed E-state index contributed by atoms with van der Waals surface area (Å²) >= 11 is 0. The Bertz CT molecular complexity index is 1000. The highest BCUT2D eigenvalue weighted by Crippen LogP contribution is 2.27. The van der Waals surface area contributed by atoms with Crippen LogP contribution < -0.4 is 4.74 Å². The van der Waals surface area contributed by atoms with Gasteiger partial charge in [-0.15, -0.1) is 10.2 Å². The molecule has 0 unspecified atom stereocenters. The van der Waals surface area contributed by atoms with Gasteiger partial charge in [-0.1, -0.05) is 30.3 Å². The predicted molar refractivity (Wildman–Crippen MR) is 96.8 cm³/mol. The van der Waals surface area contributed by atoms with Gasteiger partial charge in [0.2, 0.25) is 0 Å². The molecule has 4 rings (SSSR count). The van der Waals surface area contributed by atoms with Crippen LogP contribution in [0, 0.1) is 0 Å². The van der Waals surface area contributed by atoms with Gasteiger partial charge in [-0.05, 0) is 41.1 Å². The lowest BCUT2D eigenvalue weighted by atomic mass is 10.1. The second kappa shape index (κ2) is 6.60. The number of aromatic amines is 1. The highest BCUT2D eigenvalue weighted by atomic mass is 16.5. The van der Waals surface area contributed by atoms with Crippen LogP contribution in [-0.4, -0.2) is 25.2 Å². The standard InChI is InChI=1S/C19H17N5O/c1-24-12-15(7-10-19-20-22-23-21-19)17-11-16(8-9-18(17)24)25-13-14-5-3-2-4-6-14/h2-12H,13H2,1H3,(H,20,21,22,23). The second-order valence-corrected chi connectivity index (χ2v) is 5.75. The third kappa shape index (κ3) is 3.28. The highest BCUT2D eigenvalue weighted by molar-refractivity contribution is 5.92. The molecule has 0 fully saturated rings. The largest absolute Gasteiger partial charge is 0.489 e. The van der Waals surface area contributed by atoms with Crippen molar-refractivity contribution in [2.75, 3.05) is 0 Å². The Morgan fingerprint density at radius 3 is 2.80 bits per heavy atom. The number of ether oxygens (including phenoxy) is 1. The van der Waals surface area contributed by atoms with E-state index in [0.717, 1.165) is 27.8 Å². The Kier molecular flexibility index (Phi) is 4.00. The zero-order valence-corrected chi connectivity index (χ0v) is 13.8. The average Bonchev–Trinajstić information content (AvgIpc) is 3.27. The third-order valence-electron chi connectivity index (χ3n) is 4.01. The number of nitrogens with one attached hydrogen (secondary N) is 1. The molecule has 1 N–H and O–H groups in total. The zero-order chi connectivity index (χ0) is 17.1. The van der Waals surface area contributed by atoms with Gasteiger partial charge in [0.25, 0.3) is 0 Å². The zero-order valence-electron chi connectivity index (χ0n) is 13.8. The normalized spacial score (nSPS) is 11.4. The van der Waals surface area contributed by atoms with Gasteiger partial charge >= 0.3 is 0 Å². The number of hydrogen-bond donors (Lipinski definition) is 1. The molecule has 0 saturated heterocycles. The maximum atomic E-state index is 5.94. The SMILES string of the molecule is Cn1cc(C=Cc2nn[nH]n2)c2cc(OCc3ccccc3)ccc21. The first-order valence-electron chi connectivity index (χ1n) is 7.97. The van der Waals surface area contributed by atoms with Gasteiger partial charge in [0, 0.05) is 29.7 Å². The lowest BCUT2D eigenvalue weighted by Gasteiger charge is -2.07. The highest BCUT2D eigenvalue weighted by Gasteiger charge is 2.07. The monoisotopic (exact) mass is 331 g/mol. The van der Waals surface area contributed by atoms with Gasteiger partial charge in [-0.2, -0.15) is 5.21 Å². The molecule has 25 heavy (non-hydrogen) atoms. The van der Waals surface area contributed by atoms with E-state index in [9.17, 15) is 0 Å². The lowest BCUT2D eigenvalue weighted by Crippen LogP contribution is -1.94. The minimum Gasteiger partial charge on any atom is -0.489 e. The van der Waals surface area contributed by atoms with Crippen LogP contribution in [0.1, 0.15) is 17.0 Å². The fourth-order valence-corrected chi connectivity index (χ4v) is 2.77. The number of nitrogens with zero attached hydrogens (tertiary/aromatic N) is 4. The van der Waals surface area contributed by atoms with E-state index in [1.165, 1.54) is 0 Å². The van der Waals surface area contributed by atoms with Crippen LogP contribution in [0.25, 0.3) is 23.1 Å². The van der Waals surface area contributed by atoms with E-state index < -0.39 is 0 Å². The number of fused-ring (bicyclic) bond motifs is 1. The van der Waals surface area contributed by atoms with Gasteiger partial charge in [0.1, 0.15) is 12.4 Å². The molecule has 0 bridgehead atoms. The molecule has 0 aliphatic carbocycles. The van der Waals surface area contributed by atoms with E-state index in [1.54, 1.807) is 0 Å². The minimum absolute atomic E-state index is 0.549. The molecule has 0 atom stereocenters. The molecule has 4 aromatic rings. The first-order chi connectivity index (χ1) is 12.3. The van der Waals surface area contributed by atoms with Gasteiger partial charge in [-0.3, -0.25) is 0 Å². The van der Waals surface area contributed by atoms with Gasteiger partial charge < -0.3 is 9.30 Å². The van der Waals surface area contributed by atoms with Crippen molar-refractivity contribution in [2.24, 2.45) is 7.05 Å². The molecule has 2 heterocycles. The molecule has 0 amide bonds. The molecular formula is C19H17N5O. The molecule has 0 saturated carbocycles. The van der Waals surface area contributed by atoms with Crippen molar-refractivity contribution in [3.8, 4) is 5.75 Å². The van der Waals surface area contributed by atoms with Crippen LogP contribution in [-0.2, 0) is 13.7 Å². The Balaban J connectivity index is 1.61. The molecule has 0 aliphatic rings. The maximum Gasteiger partial charge on any atom is 0.197 e. The minimum atomic E-state index is 0.549. The summed E-state index contributed by atoms with van der Waals surface area (Å²) in [7, 11) is 2.03. The number of benzene rings is 2. The molecular weight excluding hydrogens is 314 g/mol. The van der Waals surface area contributed by atoms with E-state index in [2.05, 4.69) is 55.7 Å². The van der Waals surface area contributed by atoms with E-state index in [-0.39, 0.29) is 0 Å². The molecule has 2 aromatic carbocycles. The van der Waals surface area contributed by atoms with Crippen molar-refractivity contribution in [1.29, 1.82) is 0 Å². The summed E-state index contributed by atoms with van der Waals surface area (Å²) in [6, 6.07) is 16.3. The summed E-state index contributed by atoms with van der Waals surface area (Å²) in [4.78, 5) is 0. The van der Waals surface area contributed by atoms with Gasteiger partial charge in [0.05, 0.1) is 0 Å². The first-order valence-corrected chi connectivity index (χ1v) is 7.97. The fraction of sp³-hybridized carbons (Fsp3) is 0.105. The third-order valence-corrected chi connectivity index (χ3v) is 4.01. The number of aryl methyl sites for hydroxylation is 1. The van der Waals surface area contributed by atoms with E-state index >= 15 is 0 Å². The predicted octanol–water partition coefficient (Wildman–Crippen LogP) is 3.44. The Morgan fingerprint density at radius 2 is 2.00 bits per heavy atom. The van der Waals surface area contributed by atoms with Crippen LogP contribution in [0.15, 0.2) is 54.7 Å². The number of hydrogen-bond acceptors (Lipinski definition) is 4. The Morgan fingerprint density at radius 1 is 1.12 bits per heavy atom. The molecule has 0 spiro atoms. The van der Waals surface area contributed by atoms with E-state index in [0.29, 0.717) is 12.4 Å². The van der Waals surface area contributed by atoms with E-state index in [1.807, 2.05) is 43.5 Å². The average molecular weight is 331 g/mol. The number of H-pyrrole nitrogens is 1. The number of rotatable bonds is 5. The first kappa shape index (κ1) is 15.1. The molecule has 6 heteroatoms. The molecule has 0 aliphatic heterocycles. The fourth-order valence-electron chi connectivity index (χ4n) is 2.77. The smallest absolute Gasteiger partial charge is 0.197 e. The number of tetrazole rings is 1. The molecule has 124 valence electrons. The summed E-state index contributed by atoms with van der Waals surface area (Å²) in [5.74, 6) is 1.39. The summed E-state index contributed by atoms with van der Waals surface area (Å²) < 4.78 is 8.03. The summed E-state index contributed by atoms with van der Waals surface area (Å²) in [6.45, 7) is 0.549. The van der Waals surface area contributed by atoms with Crippen molar-refractivity contribution in [2.45, 2.75) is 6.61 Å². The van der Waals surface area contributed by atoms with E-state index in [4.69, 9.17) is 4.74 Å². The van der Waals surface area contributed by atoms with Crippen molar-refractivity contribution in [1.82, 2.24) is 25.2 Å². The molecule has 0 radical (unpaired) electrons. The van der Waals surface area contributed by atoms with Crippen LogP contribution in [0.2, 0.25) is 0 Å². The Hall–Kier alpha value is -3.41. The van der Waals surface area contributed by atoms with Gasteiger partial charge in [0.15, 0.2) is 5.82 Å². The summed E-state index contributed by atoms with van der Waals surface area (Å²) in [5.41, 5.74) is 3.36. The Labute approximate surface area is 144 Å². The van der Waals surface area contributed by atoms with Crippen molar-refractivity contribution < 1.29 is 4.74 Å². The van der Waals surface area contributed by atoms with Crippen molar-refractivity contribution in [3.05, 3.63) is 71.7 Å². The van der Waals surface area contributed by atoms with Gasteiger partial charge in [-0.25, -0.2) is 0 Å². The number of aromatic nitrogens is 5.